The lowest BCUT2D eigenvalue weighted by Crippen LogP contribution is -2.07. The minimum absolute atomic E-state index is 0.113. The summed E-state index contributed by atoms with van der Waals surface area (Å²) >= 11 is 3.40. The Kier molecular flexibility index (Phi) is 4.12. The number of aliphatic hydroxyl groups is 1. The lowest BCUT2D eigenvalue weighted by Gasteiger charge is -2.05. The summed E-state index contributed by atoms with van der Waals surface area (Å²) in [5.74, 6) is 1.02. The predicted molar refractivity (Wildman–Crippen MR) is 70.9 cm³/mol. The number of hydrogen-bond acceptors (Lipinski definition) is 3. The Hall–Kier alpha value is -0.940. The van der Waals surface area contributed by atoms with Crippen molar-refractivity contribution in [3.63, 3.8) is 0 Å². The zero-order chi connectivity index (χ0) is 12.3. The Morgan fingerprint density at radius 3 is 3.00 bits per heavy atom. The van der Waals surface area contributed by atoms with Gasteiger partial charge >= 0.3 is 0 Å². The van der Waals surface area contributed by atoms with Gasteiger partial charge in [-0.3, -0.25) is 0 Å². The van der Waals surface area contributed by atoms with E-state index in [0.29, 0.717) is 6.54 Å². The Balaban J connectivity index is 2.45. The molecule has 0 radical (unpaired) electrons. The van der Waals surface area contributed by atoms with E-state index in [2.05, 4.69) is 32.8 Å². The molecule has 5 heteroatoms. The molecule has 2 heterocycles. The molecule has 0 aliphatic rings. The van der Waals surface area contributed by atoms with Gasteiger partial charge in [-0.1, -0.05) is 13.3 Å². The molecule has 0 saturated carbocycles. The van der Waals surface area contributed by atoms with Crippen LogP contribution in [0.1, 0.15) is 25.6 Å². The van der Waals surface area contributed by atoms with Crippen molar-refractivity contribution in [1.82, 2.24) is 14.5 Å². The van der Waals surface area contributed by atoms with Gasteiger partial charge in [0, 0.05) is 23.6 Å². The van der Waals surface area contributed by atoms with Crippen molar-refractivity contribution in [2.24, 2.45) is 0 Å². The molecule has 0 spiro atoms. The molecule has 0 aliphatic heterocycles. The summed E-state index contributed by atoms with van der Waals surface area (Å²) in [7, 11) is 0. The van der Waals surface area contributed by atoms with E-state index in [1.54, 1.807) is 6.20 Å². The smallest absolute Gasteiger partial charge is 0.160 e. The third-order valence-corrected chi connectivity index (χ3v) is 3.14. The van der Waals surface area contributed by atoms with Crippen LogP contribution >= 0.6 is 15.9 Å². The zero-order valence-corrected chi connectivity index (χ0v) is 11.4. The Morgan fingerprint density at radius 2 is 2.29 bits per heavy atom. The summed E-state index contributed by atoms with van der Waals surface area (Å²) in [5.41, 5.74) is 1.74. The first kappa shape index (κ1) is 12.5. The predicted octanol–water partition coefficient (Wildman–Crippen LogP) is 2.53. The highest BCUT2D eigenvalue weighted by molar-refractivity contribution is 9.10. The topological polar surface area (TPSA) is 50.9 Å². The highest BCUT2D eigenvalue weighted by Gasteiger charge is 2.11. The molecular weight excluding hydrogens is 282 g/mol. The Labute approximate surface area is 109 Å². The van der Waals surface area contributed by atoms with E-state index in [1.807, 2.05) is 10.6 Å². The van der Waals surface area contributed by atoms with E-state index in [-0.39, 0.29) is 6.61 Å². The molecule has 0 atom stereocenters. The summed E-state index contributed by atoms with van der Waals surface area (Å²) in [6.07, 6.45) is 4.95. The molecule has 0 unspecified atom stereocenters. The Bertz CT molecular complexity index is 510. The minimum Gasteiger partial charge on any atom is -0.395 e. The lowest BCUT2D eigenvalue weighted by molar-refractivity contribution is 0.275. The number of nitrogens with zero attached hydrogens (tertiary/aromatic N) is 3. The second-order valence-corrected chi connectivity index (χ2v) is 4.92. The number of hydrogen-bond donors (Lipinski definition) is 1. The van der Waals surface area contributed by atoms with E-state index in [1.165, 1.54) is 0 Å². The number of halogens is 1. The average Bonchev–Trinajstić information content (AvgIpc) is 2.64. The third-order valence-electron chi connectivity index (χ3n) is 2.71. The van der Waals surface area contributed by atoms with Gasteiger partial charge in [-0.15, -0.1) is 0 Å². The SMILES string of the molecule is CCCCc1nc2cc(Br)cnc2n1CCO. The standard InChI is InChI=1S/C12H16BrN3O/c1-2-3-4-11-15-10-7-9(13)8-14-12(10)16(11)5-6-17/h7-8,17H,2-6H2,1H3. The van der Waals surface area contributed by atoms with Gasteiger partial charge in [0.15, 0.2) is 5.65 Å². The quantitative estimate of drug-likeness (QED) is 0.923. The Morgan fingerprint density at radius 1 is 1.47 bits per heavy atom. The second kappa shape index (κ2) is 5.60. The van der Waals surface area contributed by atoms with Crippen LogP contribution in [-0.4, -0.2) is 26.2 Å². The maximum absolute atomic E-state index is 9.12. The van der Waals surface area contributed by atoms with Crippen LogP contribution in [0.2, 0.25) is 0 Å². The second-order valence-electron chi connectivity index (χ2n) is 4.00. The van der Waals surface area contributed by atoms with Crippen molar-refractivity contribution in [1.29, 1.82) is 0 Å². The van der Waals surface area contributed by atoms with E-state index in [4.69, 9.17) is 5.11 Å². The molecule has 92 valence electrons. The number of imidazole rings is 1. The first-order valence-corrected chi connectivity index (χ1v) is 6.67. The fourth-order valence-corrected chi connectivity index (χ4v) is 2.21. The summed E-state index contributed by atoms with van der Waals surface area (Å²) in [6.45, 7) is 2.83. The number of unbranched alkanes of at least 4 members (excludes halogenated alkanes) is 1. The van der Waals surface area contributed by atoms with Crippen LogP contribution in [0.15, 0.2) is 16.7 Å². The fourth-order valence-electron chi connectivity index (χ4n) is 1.89. The van der Waals surface area contributed by atoms with E-state index in [9.17, 15) is 0 Å². The molecule has 17 heavy (non-hydrogen) atoms. The fraction of sp³-hybridized carbons (Fsp3) is 0.500. The van der Waals surface area contributed by atoms with E-state index in [0.717, 1.165) is 40.7 Å². The van der Waals surface area contributed by atoms with Crippen molar-refractivity contribution in [2.45, 2.75) is 32.7 Å². The number of aromatic nitrogens is 3. The first-order chi connectivity index (χ1) is 8.26. The van der Waals surface area contributed by atoms with Crippen molar-refractivity contribution in [3.8, 4) is 0 Å². The van der Waals surface area contributed by atoms with Crippen molar-refractivity contribution >= 4 is 27.1 Å². The van der Waals surface area contributed by atoms with Crippen LogP contribution in [0.25, 0.3) is 11.2 Å². The molecule has 4 nitrogen and oxygen atoms in total. The number of rotatable bonds is 5. The summed E-state index contributed by atoms with van der Waals surface area (Å²) < 4.78 is 2.94. The van der Waals surface area contributed by atoms with Gasteiger partial charge in [-0.25, -0.2) is 9.97 Å². The van der Waals surface area contributed by atoms with Gasteiger partial charge in [-0.2, -0.15) is 0 Å². The molecule has 0 amide bonds. The average molecular weight is 298 g/mol. The number of aryl methyl sites for hydroxylation is 1. The minimum atomic E-state index is 0.113. The highest BCUT2D eigenvalue weighted by Crippen LogP contribution is 2.19. The largest absolute Gasteiger partial charge is 0.395 e. The number of fused-ring (bicyclic) bond motifs is 1. The molecule has 0 saturated heterocycles. The van der Waals surface area contributed by atoms with E-state index < -0.39 is 0 Å². The summed E-state index contributed by atoms with van der Waals surface area (Å²) in [6, 6.07) is 1.96. The maximum atomic E-state index is 9.12. The van der Waals surface area contributed by atoms with Crippen LogP contribution in [0, 0.1) is 0 Å². The molecule has 0 fully saturated rings. The third kappa shape index (κ3) is 2.66. The molecule has 0 aromatic carbocycles. The highest BCUT2D eigenvalue weighted by atomic mass is 79.9. The van der Waals surface area contributed by atoms with Crippen LogP contribution < -0.4 is 0 Å². The van der Waals surface area contributed by atoms with Crippen molar-refractivity contribution < 1.29 is 5.11 Å². The van der Waals surface area contributed by atoms with Crippen molar-refractivity contribution in [3.05, 3.63) is 22.6 Å². The molecule has 2 rings (SSSR count). The maximum Gasteiger partial charge on any atom is 0.160 e. The molecule has 2 aromatic heterocycles. The molecule has 1 N–H and O–H groups in total. The van der Waals surface area contributed by atoms with Gasteiger partial charge in [0.1, 0.15) is 11.3 Å². The monoisotopic (exact) mass is 297 g/mol. The molecule has 2 aromatic rings. The van der Waals surface area contributed by atoms with Gasteiger partial charge < -0.3 is 9.67 Å². The van der Waals surface area contributed by atoms with Gasteiger partial charge in [0.2, 0.25) is 0 Å². The zero-order valence-electron chi connectivity index (χ0n) is 9.86. The normalized spacial score (nSPS) is 11.2. The number of aliphatic hydroxyl groups excluding tert-OH is 1. The van der Waals surface area contributed by atoms with Gasteiger partial charge in [0.25, 0.3) is 0 Å². The van der Waals surface area contributed by atoms with Crippen LogP contribution in [0.3, 0.4) is 0 Å². The van der Waals surface area contributed by atoms with Gasteiger partial charge in [-0.05, 0) is 28.4 Å². The van der Waals surface area contributed by atoms with Crippen LogP contribution in [0.5, 0.6) is 0 Å². The molecular formula is C12H16BrN3O. The summed E-state index contributed by atoms with van der Waals surface area (Å²) in [5, 5.41) is 9.12. The van der Waals surface area contributed by atoms with Crippen LogP contribution in [-0.2, 0) is 13.0 Å². The van der Waals surface area contributed by atoms with E-state index >= 15 is 0 Å². The first-order valence-electron chi connectivity index (χ1n) is 5.87. The molecule has 0 aliphatic carbocycles. The number of pyridine rings is 1. The lowest BCUT2D eigenvalue weighted by atomic mass is 10.2. The van der Waals surface area contributed by atoms with Gasteiger partial charge in [0.05, 0.1) is 6.61 Å². The molecule has 0 bridgehead atoms. The van der Waals surface area contributed by atoms with Crippen LogP contribution in [0.4, 0.5) is 0 Å². The van der Waals surface area contributed by atoms with Crippen molar-refractivity contribution in [2.75, 3.05) is 6.61 Å². The summed E-state index contributed by atoms with van der Waals surface area (Å²) in [4.78, 5) is 8.96.